The lowest BCUT2D eigenvalue weighted by molar-refractivity contribution is -0.154. The van der Waals surface area contributed by atoms with Crippen molar-refractivity contribution < 1.29 is 35.8 Å². The Morgan fingerprint density at radius 3 is 2.11 bits per heavy atom. The SMILES string of the molecule is COCc1cnc(CCc2ccc3c(F)c(CCc4cc(F)c(OCC(F)(F)F)c(F)c4)ccc3c2)nc1. The molecule has 0 saturated carbocycles. The van der Waals surface area contributed by atoms with Gasteiger partial charge in [-0.1, -0.05) is 30.3 Å². The average molecular weight is 535 g/mol. The Hall–Kier alpha value is -3.66. The highest BCUT2D eigenvalue weighted by molar-refractivity contribution is 5.84. The Balaban J connectivity index is 1.41. The molecule has 10 heteroatoms. The van der Waals surface area contributed by atoms with Crippen molar-refractivity contribution in [3.05, 3.63) is 100 Å². The van der Waals surface area contributed by atoms with Crippen LogP contribution in [0.1, 0.15) is 28.1 Å². The number of nitrogens with zero attached hydrogens (tertiary/aromatic N) is 2. The number of fused-ring (bicyclic) bond motifs is 1. The van der Waals surface area contributed by atoms with Gasteiger partial charge < -0.3 is 9.47 Å². The highest BCUT2D eigenvalue weighted by Gasteiger charge is 2.30. The third kappa shape index (κ3) is 7.00. The lowest BCUT2D eigenvalue weighted by atomic mass is 9.98. The van der Waals surface area contributed by atoms with E-state index in [2.05, 4.69) is 14.7 Å². The Labute approximate surface area is 215 Å². The summed E-state index contributed by atoms with van der Waals surface area (Å²) in [5, 5.41) is 1.13. The van der Waals surface area contributed by atoms with Crippen molar-refractivity contribution in [2.24, 2.45) is 0 Å². The molecule has 200 valence electrons. The number of aromatic nitrogens is 2. The van der Waals surface area contributed by atoms with E-state index in [-0.39, 0.29) is 18.4 Å². The number of rotatable bonds is 10. The van der Waals surface area contributed by atoms with Crippen molar-refractivity contribution in [1.29, 1.82) is 0 Å². The maximum absolute atomic E-state index is 15.2. The fourth-order valence-corrected chi connectivity index (χ4v) is 4.07. The van der Waals surface area contributed by atoms with Crippen LogP contribution in [-0.2, 0) is 37.0 Å². The van der Waals surface area contributed by atoms with E-state index in [1.54, 1.807) is 37.7 Å². The molecular weight excluding hydrogens is 510 g/mol. The van der Waals surface area contributed by atoms with Gasteiger partial charge in [0.1, 0.15) is 11.6 Å². The van der Waals surface area contributed by atoms with Crippen molar-refractivity contribution in [2.75, 3.05) is 13.7 Å². The summed E-state index contributed by atoms with van der Waals surface area (Å²) in [6.45, 7) is -1.36. The molecule has 1 aromatic heterocycles. The van der Waals surface area contributed by atoms with Crippen LogP contribution in [0.2, 0.25) is 0 Å². The van der Waals surface area contributed by atoms with Gasteiger partial charge in [0, 0.05) is 36.9 Å². The zero-order valence-electron chi connectivity index (χ0n) is 20.4. The maximum atomic E-state index is 15.2. The van der Waals surface area contributed by atoms with Gasteiger partial charge in [-0.05, 0) is 53.5 Å². The summed E-state index contributed by atoms with van der Waals surface area (Å²) in [7, 11) is 1.60. The molecule has 0 amide bonds. The van der Waals surface area contributed by atoms with E-state index < -0.39 is 36.0 Å². The number of aryl methyl sites for hydroxylation is 4. The molecule has 4 nitrogen and oxygen atoms in total. The summed E-state index contributed by atoms with van der Waals surface area (Å²) in [6.07, 6.45) is 0.231. The second-order valence-electron chi connectivity index (χ2n) is 8.83. The minimum Gasteiger partial charge on any atom is -0.478 e. The number of alkyl halides is 3. The van der Waals surface area contributed by atoms with E-state index in [1.165, 1.54) is 0 Å². The monoisotopic (exact) mass is 534 g/mol. The number of benzene rings is 3. The summed E-state index contributed by atoms with van der Waals surface area (Å²) >= 11 is 0. The highest BCUT2D eigenvalue weighted by atomic mass is 19.4. The largest absolute Gasteiger partial charge is 0.478 e. The van der Waals surface area contributed by atoms with Gasteiger partial charge in [-0.15, -0.1) is 0 Å². The quantitative estimate of drug-likeness (QED) is 0.212. The highest BCUT2D eigenvalue weighted by Crippen LogP contribution is 2.28. The van der Waals surface area contributed by atoms with Crippen LogP contribution in [0.5, 0.6) is 5.75 Å². The summed E-state index contributed by atoms with van der Waals surface area (Å²) in [4.78, 5) is 8.66. The fraction of sp³-hybridized carbons (Fsp3) is 0.286. The summed E-state index contributed by atoms with van der Waals surface area (Å²) in [6, 6.07) is 10.6. The molecule has 4 rings (SSSR count). The third-order valence-corrected chi connectivity index (χ3v) is 5.93. The van der Waals surface area contributed by atoms with Crippen LogP contribution in [0.3, 0.4) is 0 Å². The third-order valence-electron chi connectivity index (χ3n) is 5.93. The van der Waals surface area contributed by atoms with Gasteiger partial charge in [0.25, 0.3) is 0 Å². The molecule has 0 unspecified atom stereocenters. The summed E-state index contributed by atoms with van der Waals surface area (Å²) in [5.41, 5.74) is 2.41. The molecule has 0 N–H and O–H groups in total. The van der Waals surface area contributed by atoms with Gasteiger partial charge in [-0.3, -0.25) is 0 Å². The van der Waals surface area contributed by atoms with Gasteiger partial charge in [0.2, 0.25) is 0 Å². The standard InChI is InChI=1S/C28H24F6N2O2/c1-37-15-19-13-35-25(36-14-19)9-4-17-3-8-22-21(10-17)7-6-20(26(22)31)5-2-18-11-23(29)27(24(30)12-18)38-16-28(32,33)34/h3,6-8,10-14H,2,4-5,9,15-16H2,1H3. The van der Waals surface area contributed by atoms with Crippen molar-refractivity contribution in [3.63, 3.8) is 0 Å². The molecule has 0 fully saturated rings. The van der Waals surface area contributed by atoms with Crippen molar-refractivity contribution in [1.82, 2.24) is 9.97 Å². The fourth-order valence-electron chi connectivity index (χ4n) is 4.07. The molecule has 0 aliphatic carbocycles. The second kappa shape index (κ2) is 11.8. The van der Waals surface area contributed by atoms with Crippen molar-refractivity contribution in [3.8, 4) is 5.75 Å². The van der Waals surface area contributed by atoms with Gasteiger partial charge >= 0.3 is 6.18 Å². The average Bonchev–Trinajstić information content (AvgIpc) is 2.87. The lowest BCUT2D eigenvalue weighted by Gasteiger charge is -2.12. The van der Waals surface area contributed by atoms with E-state index in [4.69, 9.17) is 4.74 Å². The lowest BCUT2D eigenvalue weighted by Crippen LogP contribution is -2.20. The van der Waals surface area contributed by atoms with E-state index in [9.17, 15) is 22.0 Å². The van der Waals surface area contributed by atoms with Crippen LogP contribution >= 0.6 is 0 Å². The zero-order valence-corrected chi connectivity index (χ0v) is 20.4. The molecule has 3 aromatic carbocycles. The van der Waals surface area contributed by atoms with Gasteiger partial charge in [-0.2, -0.15) is 13.2 Å². The molecule has 0 spiro atoms. The number of halogens is 6. The van der Waals surface area contributed by atoms with E-state index in [0.717, 1.165) is 23.3 Å². The molecule has 1 heterocycles. The van der Waals surface area contributed by atoms with Crippen LogP contribution in [0.25, 0.3) is 10.8 Å². The van der Waals surface area contributed by atoms with Crippen LogP contribution in [0.4, 0.5) is 26.3 Å². The predicted molar refractivity (Wildman–Crippen MR) is 129 cm³/mol. The van der Waals surface area contributed by atoms with E-state index in [0.29, 0.717) is 41.6 Å². The number of methoxy groups -OCH3 is 1. The Morgan fingerprint density at radius 1 is 0.763 bits per heavy atom. The van der Waals surface area contributed by atoms with Gasteiger partial charge in [0.15, 0.2) is 24.0 Å². The molecule has 0 aliphatic rings. The minimum atomic E-state index is -4.73. The van der Waals surface area contributed by atoms with Gasteiger partial charge in [-0.25, -0.2) is 23.1 Å². The van der Waals surface area contributed by atoms with Gasteiger partial charge in [0.05, 0.1) is 6.61 Å². The topological polar surface area (TPSA) is 44.2 Å². The van der Waals surface area contributed by atoms with E-state index in [1.807, 2.05) is 12.1 Å². The van der Waals surface area contributed by atoms with Crippen LogP contribution in [-0.4, -0.2) is 29.9 Å². The molecule has 0 saturated heterocycles. The van der Waals surface area contributed by atoms with Crippen molar-refractivity contribution in [2.45, 2.75) is 38.5 Å². The molecule has 4 aromatic rings. The maximum Gasteiger partial charge on any atom is 0.422 e. The first-order valence-corrected chi connectivity index (χ1v) is 11.8. The number of ether oxygens (including phenoxy) is 2. The zero-order chi connectivity index (χ0) is 27.3. The predicted octanol–water partition coefficient (Wildman–Crippen LogP) is 6.71. The normalized spacial score (nSPS) is 11.8. The molecule has 0 radical (unpaired) electrons. The van der Waals surface area contributed by atoms with Crippen LogP contribution in [0, 0.1) is 17.5 Å². The molecule has 0 atom stereocenters. The first-order chi connectivity index (χ1) is 18.1. The minimum absolute atomic E-state index is 0.0804. The first-order valence-electron chi connectivity index (χ1n) is 11.8. The number of hydrogen-bond acceptors (Lipinski definition) is 4. The Bertz CT molecular complexity index is 1380. The Morgan fingerprint density at radius 2 is 1.45 bits per heavy atom. The van der Waals surface area contributed by atoms with E-state index >= 15 is 4.39 Å². The number of hydrogen-bond donors (Lipinski definition) is 0. The Kier molecular flexibility index (Phi) is 8.51. The summed E-state index contributed by atoms with van der Waals surface area (Å²) in [5.74, 6) is -3.32. The molecule has 0 bridgehead atoms. The molecule has 38 heavy (non-hydrogen) atoms. The molecule has 0 aliphatic heterocycles. The molecular formula is C28H24F6N2O2. The van der Waals surface area contributed by atoms with Crippen molar-refractivity contribution >= 4 is 10.8 Å². The first kappa shape index (κ1) is 27.4. The summed E-state index contributed by atoms with van der Waals surface area (Å²) < 4.78 is 89.6. The smallest absolute Gasteiger partial charge is 0.422 e. The van der Waals surface area contributed by atoms with Crippen LogP contribution < -0.4 is 4.74 Å². The van der Waals surface area contributed by atoms with Crippen LogP contribution in [0.15, 0.2) is 54.9 Å². The second-order valence-corrected chi connectivity index (χ2v) is 8.83.